The van der Waals surface area contributed by atoms with Crippen molar-refractivity contribution in [1.29, 1.82) is 0 Å². The van der Waals surface area contributed by atoms with Gasteiger partial charge in [0.1, 0.15) is 19.8 Å². The van der Waals surface area contributed by atoms with Gasteiger partial charge in [-0.3, -0.25) is 0 Å². The molecular weight excluding hydrogens is 132 g/mol. The third-order valence-corrected chi connectivity index (χ3v) is 1.61. The lowest BCUT2D eigenvalue weighted by Crippen LogP contribution is -2.31. The summed E-state index contributed by atoms with van der Waals surface area (Å²) < 4.78 is 13.2. The standard InChI is InChI=1S/C7H15O3/c1-8-2-5-10-6-3-9-4-7-10/h2-7H2,1H3/q+1. The molecule has 1 aliphatic rings. The van der Waals surface area contributed by atoms with Crippen molar-refractivity contribution in [3.05, 3.63) is 0 Å². The molecule has 0 atom stereocenters. The second-order valence-electron chi connectivity index (χ2n) is 2.33. The van der Waals surface area contributed by atoms with Crippen molar-refractivity contribution >= 4 is 0 Å². The lowest BCUT2D eigenvalue weighted by Gasteiger charge is -2.22. The number of hydrogen-bond donors (Lipinski definition) is 0. The van der Waals surface area contributed by atoms with Gasteiger partial charge in [-0.05, 0) is 0 Å². The van der Waals surface area contributed by atoms with Crippen molar-refractivity contribution in [2.75, 3.05) is 46.8 Å². The highest BCUT2D eigenvalue weighted by Gasteiger charge is 2.13. The first-order valence-electron chi connectivity index (χ1n) is 3.64. The molecule has 0 radical (unpaired) electrons. The van der Waals surface area contributed by atoms with Gasteiger partial charge in [0.25, 0.3) is 0 Å². The lowest BCUT2D eigenvalue weighted by molar-refractivity contribution is -0.209. The molecule has 0 unspecified atom stereocenters. The summed E-state index contributed by atoms with van der Waals surface area (Å²) in [4.78, 5) is 0. The molecule has 1 aliphatic heterocycles. The van der Waals surface area contributed by atoms with Crippen LogP contribution in [0.1, 0.15) is 0 Å². The normalized spacial score (nSPS) is 21.3. The van der Waals surface area contributed by atoms with Crippen LogP contribution in [0.3, 0.4) is 0 Å². The second kappa shape index (κ2) is 4.66. The minimum atomic E-state index is 0.796. The van der Waals surface area contributed by atoms with Crippen molar-refractivity contribution < 1.29 is 13.8 Å². The Hall–Kier alpha value is -0.120. The summed E-state index contributed by atoms with van der Waals surface area (Å²) >= 11 is 0. The molecule has 0 N–H and O–H groups in total. The van der Waals surface area contributed by atoms with E-state index >= 15 is 0 Å². The monoisotopic (exact) mass is 147 g/mol. The van der Waals surface area contributed by atoms with E-state index < -0.39 is 0 Å². The fourth-order valence-electron chi connectivity index (χ4n) is 0.963. The molecule has 0 bridgehead atoms. The van der Waals surface area contributed by atoms with E-state index in [9.17, 15) is 0 Å². The fourth-order valence-corrected chi connectivity index (χ4v) is 0.963. The Morgan fingerprint density at radius 2 is 2.10 bits per heavy atom. The Morgan fingerprint density at radius 1 is 1.40 bits per heavy atom. The van der Waals surface area contributed by atoms with Crippen molar-refractivity contribution in [3.8, 4) is 0 Å². The van der Waals surface area contributed by atoms with Gasteiger partial charge in [0.05, 0.1) is 0 Å². The Labute approximate surface area is 61.6 Å². The predicted molar refractivity (Wildman–Crippen MR) is 38.4 cm³/mol. The molecule has 0 aromatic heterocycles. The molecule has 1 heterocycles. The van der Waals surface area contributed by atoms with Gasteiger partial charge in [-0.2, -0.15) is 0 Å². The van der Waals surface area contributed by atoms with Crippen molar-refractivity contribution in [1.82, 2.24) is 0 Å². The van der Waals surface area contributed by atoms with E-state index in [1.807, 2.05) is 0 Å². The largest absolute Gasteiger partial charge is 0.417 e. The first kappa shape index (κ1) is 7.98. The highest BCUT2D eigenvalue weighted by atomic mass is 16.7. The Kier molecular flexibility index (Phi) is 3.72. The quantitative estimate of drug-likeness (QED) is 0.532. The lowest BCUT2D eigenvalue weighted by atomic mass is 10.6. The zero-order valence-corrected chi connectivity index (χ0v) is 6.47. The number of ether oxygens (including phenoxy) is 2. The zero-order valence-electron chi connectivity index (χ0n) is 6.47. The van der Waals surface area contributed by atoms with Crippen LogP contribution >= 0.6 is 0 Å². The van der Waals surface area contributed by atoms with Gasteiger partial charge in [-0.1, -0.05) is 0 Å². The van der Waals surface area contributed by atoms with E-state index in [0.717, 1.165) is 39.6 Å². The molecule has 0 aromatic carbocycles. The van der Waals surface area contributed by atoms with Crippen molar-refractivity contribution in [3.63, 3.8) is 0 Å². The van der Waals surface area contributed by atoms with Crippen LogP contribution < -0.4 is 0 Å². The van der Waals surface area contributed by atoms with Crippen LogP contribution in [0.5, 0.6) is 0 Å². The molecule has 60 valence electrons. The molecule has 1 fully saturated rings. The summed E-state index contributed by atoms with van der Waals surface area (Å²) in [6, 6.07) is 0. The molecule has 1 rings (SSSR count). The van der Waals surface area contributed by atoms with Crippen molar-refractivity contribution in [2.24, 2.45) is 0 Å². The SMILES string of the molecule is COCC[O+]1CCOCC1. The van der Waals surface area contributed by atoms with Crippen LogP contribution in [-0.2, 0) is 13.8 Å². The smallest absolute Gasteiger partial charge is 0.169 e. The second-order valence-corrected chi connectivity index (χ2v) is 2.33. The predicted octanol–water partition coefficient (Wildman–Crippen LogP) is 0.215. The fraction of sp³-hybridized carbons (Fsp3) is 1.00. The van der Waals surface area contributed by atoms with Gasteiger partial charge in [0, 0.05) is 7.11 Å². The molecule has 1 saturated heterocycles. The molecule has 3 heteroatoms. The first-order chi connectivity index (χ1) is 4.93. The van der Waals surface area contributed by atoms with Crippen LogP contribution in [0.4, 0.5) is 0 Å². The van der Waals surface area contributed by atoms with Gasteiger partial charge in [-0.25, -0.2) is 0 Å². The van der Waals surface area contributed by atoms with E-state index in [0.29, 0.717) is 0 Å². The molecule has 0 spiro atoms. The minimum Gasteiger partial charge on any atom is -0.417 e. The van der Waals surface area contributed by atoms with E-state index in [1.54, 1.807) is 7.11 Å². The van der Waals surface area contributed by atoms with Crippen LogP contribution in [0.25, 0.3) is 0 Å². The average Bonchev–Trinajstić information content (AvgIpc) is 2.03. The molecular formula is C7H15O3+. The first-order valence-corrected chi connectivity index (χ1v) is 3.64. The van der Waals surface area contributed by atoms with Crippen LogP contribution in [0.15, 0.2) is 0 Å². The summed E-state index contributed by atoms with van der Waals surface area (Å²) in [7, 11) is 1.72. The molecule has 0 aliphatic carbocycles. The van der Waals surface area contributed by atoms with E-state index in [4.69, 9.17) is 9.47 Å². The van der Waals surface area contributed by atoms with E-state index in [-0.39, 0.29) is 0 Å². The Bertz CT molecular complexity index is 78.9. The Morgan fingerprint density at radius 3 is 2.70 bits per heavy atom. The molecule has 0 amide bonds. The number of rotatable bonds is 3. The van der Waals surface area contributed by atoms with Crippen LogP contribution in [0, 0.1) is 0 Å². The van der Waals surface area contributed by atoms with E-state index in [1.165, 1.54) is 0 Å². The molecule has 10 heavy (non-hydrogen) atoms. The third-order valence-electron chi connectivity index (χ3n) is 1.61. The summed E-state index contributed by atoms with van der Waals surface area (Å²) in [5, 5.41) is 0. The van der Waals surface area contributed by atoms with Gasteiger partial charge in [0.15, 0.2) is 19.8 Å². The summed E-state index contributed by atoms with van der Waals surface area (Å²) in [6.07, 6.45) is 0. The molecule has 3 nitrogen and oxygen atoms in total. The van der Waals surface area contributed by atoms with Crippen LogP contribution in [-0.4, -0.2) is 46.8 Å². The highest BCUT2D eigenvalue weighted by Crippen LogP contribution is 2.01. The maximum atomic E-state index is 5.18. The third kappa shape index (κ3) is 2.64. The van der Waals surface area contributed by atoms with Gasteiger partial charge in [0.2, 0.25) is 0 Å². The molecule has 0 saturated carbocycles. The van der Waals surface area contributed by atoms with Gasteiger partial charge >= 0.3 is 0 Å². The zero-order chi connectivity index (χ0) is 7.23. The summed E-state index contributed by atoms with van der Waals surface area (Å²) in [5.41, 5.74) is 0. The van der Waals surface area contributed by atoms with Gasteiger partial charge in [-0.15, -0.1) is 0 Å². The maximum Gasteiger partial charge on any atom is 0.169 e. The number of hydrogen-bond acceptors (Lipinski definition) is 2. The topological polar surface area (TPSA) is 21.2 Å². The van der Waals surface area contributed by atoms with E-state index in [2.05, 4.69) is 4.37 Å². The summed E-state index contributed by atoms with van der Waals surface area (Å²) in [6.45, 7) is 5.39. The van der Waals surface area contributed by atoms with Crippen LogP contribution in [0.2, 0.25) is 0 Å². The number of methoxy groups -OCH3 is 1. The molecule has 0 aromatic rings. The maximum absolute atomic E-state index is 5.18. The minimum absolute atomic E-state index is 0.796. The summed E-state index contributed by atoms with van der Waals surface area (Å²) in [5.74, 6) is 0. The highest BCUT2D eigenvalue weighted by molar-refractivity contribution is 4.48. The van der Waals surface area contributed by atoms with Crippen molar-refractivity contribution in [2.45, 2.75) is 0 Å². The Balaban J connectivity index is 2.02. The van der Waals surface area contributed by atoms with Gasteiger partial charge < -0.3 is 13.8 Å². The average molecular weight is 147 g/mol.